The number of nitrogens with one attached hydrogen (secondary N) is 2. The Morgan fingerprint density at radius 1 is 1.25 bits per heavy atom. The minimum absolute atomic E-state index is 0.0807. The molecule has 0 aromatic heterocycles. The van der Waals surface area contributed by atoms with E-state index < -0.39 is 0 Å². The second-order valence-corrected chi connectivity index (χ2v) is 2.37. The largest absolute Gasteiger partial charge is 0.355 e. The molecule has 5 nitrogen and oxygen atoms in total. The highest BCUT2D eigenvalue weighted by atomic mass is 16.2. The molecule has 0 saturated heterocycles. The molecule has 0 unspecified atom stereocenters. The summed E-state index contributed by atoms with van der Waals surface area (Å²) >= 11 is 0. The molecule has 0 radical (unpaired) electrons. The molecular weight excluding hydrogens is 158 g/mol. The van der Waals surface area contributed by atoms with Gasteiger partial charge in [-0.15, -0.1) is 0 Å². The fourth-order valence-electron chi connectivity index (χ4n) is 0.660. The van der Waals surface area contributed by atoms with Gasteiger partial charge in [-0.25, -0.2) is 0 Å². The molecule has 5 heteroatoms. The van der Waals surface area contributed by atoms with Crippen molar-refractivity contribution in [2.75, 3.05) is 19.6 Å². The summed E-state index contributed by atoms with van der Waals surface area (Å²) in [6.45, 7) is 2.71. The number of carbonyl (C=O) groups is 2. The molecule has 70 valence electrons. The molecule has 0 rings (SSSR count). The van der Waals surface area contributed by atoms with Crippen LogP contribution in [0.25, 0.3) is 0 Å². The lowest BCUT2D eigenvalue weighted by Gasteiger charge is -2.03. The minimum atomic E-state index is -0.0944. The van der Waals surface area contributed by atoms with Crippen LogP contribution in [-0.4, -0.2) is 31.4 Å². The lowest BCUT2D eigenvalue weighted by Crippen LogP contribution is -2.34. The lowest BCUT2D eigenvalue weighted by molar-refractivity contribution is -0.122. The van der Waals surface area contributed by atoms with Crippen molar-refractivity contribution < 1.29 is 9.59 Å². The van der Waals surface area contributed by atoms with E-state index in [1.54, 1.807) is 0 Å². The Kier molecular flexibility index (Phi) is 6.00. The highest BCUT2D eigenvalue weighted by molar-refractivity contribution is 5.76. The zero-order chi connectivity index (χ0) is 9.40. The minimum Gasteiger partial charge on any atom is -0.355 e. The van der Waals surface area contributed by atoms with Crippen LogP contribution in [0, 0.1) is 0 Å². The molecule has 0 aromatic rings. The van der Waals surface area contributed by atoms with E-state index in [9.17, 15) is 9.59 Å². The third kappa shape index (κ3) is 7.01. The summed E-state index contributed by atoms with van der Waals surface area (Å²) in [5, 5.41) is 5.16. The first-order valence-electron chi connectivity index (χ1n) is 3.88. The van der Waals surface area contributed by atoms with Crippen LogP contribution < -0.4 is 16.4 Å². The molecule has 0 spiro atoms. The standard InChI is InChI=1S/C7H15N3O2/c1-6(11)9-4-5-10-7(12)2-3-8/h2-5,8H2,1H3,(H,9,11)(H,10,12). The Bertz CT molecular complexity index is 159. The quantitative estimate of drug-likeness (QED) is 0.446. The maximum Gasteiger partial charge on any atom is 0.221 e. The Morgan fingerprint density at radius 3 is 2.33 bits per heavy atom. The van der Waals surface area contributed by atoms with E-state index in [2.05, 4.69) is 10.6 Å². The van der Waals surface area contributed by atoms with Crippen LogP contribution in [-0.2, 0) is 9.59 Å². The van der Waals surface area contributed by atoms with Crippen LogP contribution in [0.5, 0.6) is 0 Å². The van der Waals surface area contributed by atoms with Gasteiger partial charge in [-0.05, 0) is 0 Å². The predicted molar refractivity (Wildman–Crippen MR) is 45.4 cm³/mol. The Balaban J connectivity index is 3.19. The first-order valence-corrected chi connectivity index (χ1v) is 3.88. The van der Waals surface area contributed by atoms with Gasteiger partial charge < -0.3 is 16.4 Å². The molecule has 4 N–H and O–H groups in total. The maximum absolute atomic E-state index is 10.8. The molecule has 0 atom stereocenters. The van der Waals surface area contributed by atoms with Gasteiger partial charge in [0.1, 0.15) is 0 Å². The zero-order valence-corrected chi connectivity index (χ0v) is 7.22. The second kappa shape index (κ2) is 6.60. The average molecular weight is 173 g/mol. The van der Waals surface area contributed by atoms with Crippen molar-refractivity contribution >= 4 is 11.8 Å². The Labute approximate surface area is 71.7 Å². The fraction of sp³-hybridized carbons (Fsp3) is 0.714. The summed E-state index contributed by atoms with van der Waals surface area (Å²) in [7, 11) is 0. The summed E-state index contributed by atoms with van der Waals surface area (Å²) in [6.07, 6.45) is 0.333. The summed E-state index contributed by atoms with van der Waals surface area (Å²) in [5.41, 5.74) is 5.15. The van der Waals surface area contributed by atoms with Crippen LogP contribution in [0.2, 0.25) is 0 Å². The van der Waals surface area contributed by atoms with Crippen LogP contribution in [0.4, 0.5) is 0 Å². The van der Waals surface area contributed by atoms with Crippen molar-refractivity contribution in [1.82, 2.24) is 10.6 Å². The highest BCUT2D eigenvalue weighted by Crippen LogP contribution is 1.72. The van der Waals surface area contributed by atoms with Crippen molar-refractivity contribution in [3.63, 3.8) is 0 Å². The van der Waals surface area contributed by atoms with E-state index >= 15 is 0 Å². The topological polar surface area (TPSA) is 84.2 Å². The normalized spacial score (nSPS) is 9.17. The van der Waals surface area contributed by atoms with Gasteiger partial charge in [-0.1, -0.05) is 0 Å². The molecule has 0 bridgehead atoms. The van der Waals surface area contributed by atoms with E-state index in [-0.39, 0.29) is 11.8 Å². The summed E-state index contributed by atoms with van der Waals surface area (Å²) in [5.74, 6) is -0.175. The number of hydrogen-bond acceptors (Lipinski definition) is 3. The van der Waals surface area contributed by atoms with Crippen molar-refractivity contribution in [1.29, 1.82) is 0 Å². The van der Waals surface area contributed by atoms with Gasteiger partial charge in [0.2, 0.25) is 11.8 Å². The van der Waals surface area contributed by atoms with Crippen molar-refractivity contribution in [3.8, 4) is 0 Å². The van der Waals surface area contributed by atoms with Gasteiger partial charge in [0.05, 0.1) is 0 Å². The zero-order valence-electron chi connectivity index (χ0n) is 7.22. The van der Waals surface area contributed by atoms with Gasteiger partial charge in [0.25, 0.3) is 0 Å². The Morgan fingerprint density at radius 2 is 1.83 bits per heavy atom. The smallest absolute Gasteiger partial charge is 0.221 e. The van der Waals surface area contributed by atoms with Crippen LogP contribution in [0.1, 0.15) is 13.3 Å². The summed E-state index contributed by atoms with van der Waals surface area (Å²) in [6, 6.07) is 0. The van der Waals surface area contributed by atoms with Gasteiger partial charge in [0.15, 0.2) is 0 Å². The summed E-state index contributed by atoms with van der Waals surface area (Å²) < 4.78 is 0. The number of rotatable bonds is 5. The molecule has 0 aromatic carbocycles. The molecule has 0 aliphatic heterocycles. The average Bonchev–Trinajstić information content (AvgIpc) is 1.98. The number of amides is 2. The monoisotopic (exact) mass is 173 g/mol. The van der Waals surface area contributed by atoms with E-state index in [4.69, 9.17) is 5.73 Å². The van der Waals surface area contributed by atoms with Crippen molar-refractivity contribution in [2.45, 2.75) is 13.3 Å². The van der Waals surface area contributed by atoms with E-state index in [1.807, 2.05) is 0 Å². The molecule has 0 aliphatic carbocycles. The van der Waals surface area contributed by atoms with Gasteiger partial charge in [-0.2, -0.15) is 0 Å². The maximum atomic E-state index is 10.8. The van der Waals surface area contributed by atoms with Crippen LogP contribution >= 0.6 is 0 Å². The highest BCUT2D eigenvalue weighted by Gasteiger charge is 1.97. The predicted octanol–water partition coefficient (Wildman–Crippen LogP) is -1.41. The molecule has 12 heavy (non-hydrogen) atoms. The second-order valence-electron chi connectivity index (χ2n) is 2.37. The van der Waals surface area contributed by atoms with Crippen molar-refractivity contribution in [3.05, 3.63) is 0 Å². The summed E-state index contributed by atoms with van der Waals surface area (Å²) in [4.78, 5) is 21.2. The first kappa shape index (κ1) is 10.9. The SMILES string of the molecule is CC(=O)NCCNC(=O)CCN. The molecule has 0 fully saturated rings. The number of nitrogens with two attached hydrogens (primary N) is 1. The van der Waals surface area contributed by atoms with Crippen LogP contribution in [0.15, 0.2) is 0 Å². The Hall–Kier alpha value is -1.10. The molecule has 0 saturated carbocycles. The number of carbonyl (C=O) groups excluding carboxylic acids is 2. The van der Waals surface area contributed by atoms with E-state index in [0.29, 0.717) is 26.1 Å². The van der Waals surface area contributed by atoms with Gasteiger partial charge in [-0.3, -0.25) is 9.59 Å². The molecular formula is C7H15N3O2. The molecule has 0 aliphatic rings. The number of hydrogen-bond donors (Lipinski definition) is 3. The van der Waals surface area contributed by atoms with E-state index in [1.165, 1.54) is 6.92 Å². The lowest BCUT2D eigenvalue weighted by atomic mass is 10.4. The third-order valence-electron chi connectivity index (χ3n) is 1.19. The fourth-order valence-corrected chi connectivity index (χ4v) is 0.660. The first-order chi connectivity index (χ1) is 5.66. The molecule has 0 heterocycles. The van der Waals surface area contributed by atoms with E-state index in [0.717, 1.165) is 0 Å². The van der Waals surface area contributed by atoms with Gasteiger partial charge in [0, 0.05) is 33.0 Å². The van der Waals surface area contributed by atoms with Crippen LogP contribution in [0.3, 0.4) is 0 Å². The van der Waals surface area contributed by atoms with Gasteiger partial charge >= 0.3 is 0 Å². The third-order valence-corrected chi connectivity index (χ3v) is 1.19. The van der Waals surface area contributed by atoms with Crippen molar-refractivity contribution in [2.24, 2.45) is 5.73 Å². The molecule has 2 amide bonds.